The van der Waals surface area contributed by atoms with Gasteiger partial charge in [-0.15, -0.1) is 0 Å². The van der Waals surface area contributed by atoms with E-state index < -0.39 is 0 Å². The Bertz CT molecular complexity index is 1530. The molecule has 2 unspecified atom stereocenters. The van der Waals surface area contributed by atoms with Gasteiger partial charge in [0, 0.05) is 35.7 Å². The molecule has 1 aliphatic carbocycles. The van der Waals surface area contributed by atoms with Gasteiger partial charge in [-0.3, -0.25) is 5.01 Å². The molecule has 1 saturated heterocycles. The zero-order valence-corrected chi connectivity index (χ0v) is 27.0. The van der Waals surface area contributed by atoms with Crippen molar-refractivity contribution >= 4 is 16.9 Å². The fourth-order valence-corrected chi connectivity index (χ4v) is 7.44. The molecule has 1 fully saturated rings. The maximum absolute atomic E-state index is 13.5. The van der Waals surface area contributed by atoms with Gasteiger partial charge in [-0.1, -0.05) is 43.3 Å². The summed E-state index contributed by atoms with van der Waals surface area (Å²) in [5, 5.41) is 6.16. The third kappa shape index (κ3) is 5.69. The van der Waals surface area contributed by atoms with Crippen LogP contribution in [-0.2, 0) is 9.47 Å². The summed E-state index contributed by atoms with van der Waals surface area (Å²) in [6.07, 6.45) is 8.66. The van der Waals surface area contributed by atoms with Gasteiger partial charge < -0.3 is 19.1 Å². The minimum Gasteiger partial charge on any atom is -0.493 e. The Balaban J connectivity index is 1.37. The summed E-state index contributed by atoms with van der Waals surface area (Å²) in [6.45, 7) is 13.0. The molecule has 4 aliphatic rings. The Kier molecular flexibility index (Phi) is 8.92. The summed E-state index contributed by atoms with van der Waals surface area (Å²) in [4.78, 5) is 16.2. The number of hydrogen-bond acceptors (Lipinski definition) is 6. The molecule has 2 atom stereocenters. The van der Waals surface area contributed by atoms with Crippen LogP contribution in [0.15, 0.2) is 88.2 Å². The molecule has 6 rings (SSSR count). The van der Waals surface area contributed by atoms with E-state index in [1.54, 1.807) is 10.6 Å². The fraction of sp³-hybridized carbons (Fsp3) is 0.486. The molecule has 3 heterocycles. The SMILES string of the molecule is CCOC(=O)N1CC2=C3\CCCC4=C3N(CC4)C(C)C/C(CC)=C(/C)O/C=C\2N1C(C)CCOc1cccc2ccccc12. The second kappa shape index (κ2) is 13.0. The lowest BCUT2D eigenvalue weighted by Crippen LogP contribution is -2.46. The van der Waals surface area contributed by atoms with Gasteiger partial charge in [0.05, 0.1) is 37.3 Å². The lowest BCUT2D eigenvalue weighted by molar-refractivity contribution is 0.00125. The second-order valence-electron chi connectivity index (χ2n) is 12.5. The van der Waals surface area contributed by atoms with Crippen LogP contribution >= 0.6 is 0 Å². The maximum Gasteiger partial charge on any atom is 0.429 e. The van der Waals surface area contributed by atoms with E-state index in [0.717, 1.165) is 73.0 Å². The summed E-state index contributed by atoms with van der Waals surface area (Å²) in [5.74, 6) is 1.83. The van der Waals surface area contributed by atoms with Crippen LogP contribution in [0.5, 0.6) is 5.75 Å². The van der Waals surface area contributed by atoms with Crippen molar-refractivity contribution < 1.29 is 19.0 Å². The zero-order chi connectivity index (χ0) is 30.8. The molecule has 1 amide bonds. The van der Waals surface area contributed by atoms with Crippen molar-refractivity contribution in [1.82, 2.24) is 14.9 Å². The second-order valence-corrected chi connectivity index (χ2v) is 12.5. The highest BCUT2D eigenvalue weighted by atomic mass is 16.6. The van der Waals surface area contributed by atoms with Crippen molar-refractivity contribution in [1.29, 1.82) is 0 Å². The predicted molar refractivity (Wildman–Crippen MR) is 175 cm³/mol. The maximum atomic E-state index is 13.5. The van der Waals surface area contributed by atoms with E-state index in [2.05, 4.69) is 55.8 Å². The van der Waals surface area contributed by atoms with Crippen LogP contribution in [0.4, 0.5) is 4.79 Å². The molecule has 44 heavy (non-hydrogen) atoms. The molecule has 2 aromatic rings. The number of hydrazine groups is 1. The largest absolute Gasteiger partial charge is 0.493 e. The van der Waals surface area contributed by atoms with Crippen molar-refractivity contribution in [2.75, 3.05) is 26.3 Å². The Morgan fingerprint density at radius 2 is 1.89 bits per heavy atom. The van der Waals surface area contributed by atoms with Gasteiger partial charge in [0.1, 0.15) is 12.0 Å². The molecule has 0 spiro atoms. The minimum absolute atomic E-state index is 0.0435. The Morgan fingerprint density at radius 1 is 1.07 bits per heavy atom. The summed E-state index contributed by atoms with van der Waals surface area (Å²) >= 11 is 0. The number of nitrogens with zero attached hydrogens (tertiary/aromatic N) is 3. The zero-order valence-electron chi connectivity index (χ0n) is 27.0. The van der Waals surface area contributed by atoms with Crippen LogP contribution in [0.1, 0.15) is 79.6 Å². The molecule has 0 bridgehead atoms. The number of allylic oxidation sites excluding steroid dienone is 2. The average molecular weight is 598 g/mol. The van der Waals surface area contributed by atoms with E-state index in [-0.39, 0.29) is 12.1 Å². The highest BCUT2D eigenvalue weighted by Gasteiger charge is 2.42. The lowest BCUT2D eigenvalue weighted by Gasteiger charge is -2.34. The van der Waals surface area contributed by atoms with Gasteiger partial charge in [0.25, 0.3) is 0 Å². The number of fused-ring (bicyclic) bond motifs is 2. The van der Waals surface area contributed by atoms with E-state index in [1.165, 1.54) is 22.4 Å². The molecule has 7 heteroatoms. The number of carbonyl (C=O) groups excluding carboxylic acids is 1. The molecule has 3 aliphatic heterocycles. The molecule has 0 aromatic heterocycles. The molecule has 0 saturated carbocycles. The topological polar surface area (TPSA) is 54.5 Å². The van der Waals surface area contributed by atoms with Crippen molar-refractivity contribution in [2.45, 2.75) is 91.6 Å². The summed E-state index contributed by atoms with van der Waals surface area (Å²) in [6, 6.07) is 14.8. The third-order valence-electron chi connectivity index (χ3n) is 9.74. The monoisotopic (exact) mass is 597 g/mol. The van der Waals surface area contributed by atoms with Crippen LogP contribution < -0.4 is 4.74 Å². The summed E-state index contributed by atoms with van der Waals surface area (Å²) in [7, 11) is 0. The first kappa shape index (κ1) is 30.2. The molecule has 2 aromatic carbocycles. The van der Waals surface area contributed by atoms with Gasteiger partial charge in [0.15, 0.2) is 0 Å². The van der Waals surface area contributed by atoms with Gasteiger partial charge in [0.2, 0.25) is 0 Å². The van der Waals surface area contributed by atoms with E-state index in [9.17, 15) is 4.79 Å². The third-order valence-corrected chi connectivity index (χ3v) is 9.74. The van der Waals surface area contributed by atoms with Crippen molar-refractivity contribution in [3.63, 3.8) is 0 Å². The number of hydrogen-bond donors (Lipinski definition) is 0. The predicted octanol–water partition coefficient (Wildman–Crippen LogP) is 8.46. The van der Waals surface area contributed by atoms with Crippen molar-refractivity contribution in [3.8, 4) is 5.75 Å². The molecule has 0 N–H and O–H groups in total. The molecular weight excluding hydrogens is 550 g/mol. The van der Waals surface area contributed by atoms with E-state index >= 15 is 0 Å². The molecule has 234 valence electrons. The first-order chi connectivity index (χ1) is 21.4. The normalized spacial score (nSPS) is 25.6. The molecule has 0 radical (unpaired) electrons. The van der Waals surface area contributed by atoms with E-state index in [4.69, 9.17) is 14.2 Å². The minimum atomic E-state index is -0.328. The Labute approximate surface area is 262 Å². The van der Waals surface area contributed by atoms with Crippen LogP contribution in [0.25, 0.3) is 10.8 Å². The Hall–Kier alpha value is -3.87. The smallest absolute Gasteiger partial charge is 0.429 e. The number of rotatable bonds is 7. The quantitative estimate of drug-likeness (QED) is 0.319. The first-order valence-corrected chi connectivity index (χ1v) is 16.5. The van der Waals surface area contributed by atoms with Crippen LogP contribution in [0, 0.1) is 0 Å². The van der Waals surface area contributed by atoms with Crippen molar-refractivity contribution in [3.05, 3.63) is 88.2 Å². The van der Waals surface area contributed by atoms with Gasteiger partial charge in [-0.25, -0.2) is 9.80 Å². The highest BCUT2D eigenvalue weighted by molar-refractivity contribution is 5.88. The average Bonchev–Trinajstić information content (AvgIpc) is 3.64. The van der Waals surface area contributed by atoms with Gasteiger partial charge in [-0.05, 0) is 94.4 Å². The van der Waals surface area contributed by atoms with Crippen LogP contribution in [0.2, 0.25) is 0 Å². The summed E-state index contributed by atoms with van der Waals surface area (Å²) in [5.41, 5.74) is 7.85. The highest BCUT2D eigenvalue weighted by Crippen LogP contribution is 2.46. The number of ether oxygens (including phenoxy) is 3. The summed E-state index contributed by atoms with van der Waals surface area (Å²) < 4.78 is 18.5. The number of amides is 1. The number of carbonyl (C=O) groups is 1. The van der Waals surface area contributed by atoms with Crippen molar-refractivity contribution in [2.24, 2.45) is 0 Å². The standard InChI is InChI=1S/C37H47N3O4/c1-6-28-22-26(4)38-20-18-30-14-10-16-32(36(30)38)33-23-39(37(41)42-7-2)40(34(33)24-44-27(28)5)25(3)19-21-43-35-17-11-13-29-12-8-9-15-31(29)35/h8-9,11-13,15,17,24-26H,6-7,10,14,16,18-23H2,1-5H3/b28-27-,33-32-,34-24+. The van der Waals surface area contributed by atoms with E-state index in [1.807, 2.05) is 37.5 Å². The van der Waals surface area contributed by atoms with Crippen LogP contribution in [0.3, 0.4) is 0 Å². The number of benzene rings is 2. The lowest BCUT2D eigenvalue weighted by atomic mass is 9.87. The molecule has 7 nitrogen and oxygen atoms in total. The fourth-order valence-electron chi connectivity index (χ4n) is 7.44. The first-order valence-electron chi connectivity index (χ1n) is 16.5. The molecular formula is C37H47N3O4. The van der Waals surface area contributed by atoms with Gasteiger partial charge >= 0.3 is 6.09 Å². The Morgan fingerprint density at radius 3 is 2.70 bits per heavy atom. The van der Waals surface area contributed by atoms with E-state index in [0.29, 0.717) is 32.2 Å². The van der Waals surface area contributed by atoms with Crippen LogP contribution in [-0.4, -0.2) is 59.4 Å². The van der Waals surface area contributed by atoms with Gasteiger partial charge in [-0.2, -0.15) is 0 Å².